The Bertz CT molecular complexity index is 264. The van der Waals surface area contributed by atoms with Crippen LogP contribution in [0.25, 0.3) is 0 Å². The maximum absolute atomic E-state index is 9.55. The first-order valence-corrected chi connectivity index (χ1v) is 9.15. The third kappa shape index (κ3) is 3.72. The third-order valence-electron chi connectivity index (χ3n) is 3.85. The molecule has 0 amide bonds. The zero-order chi connectivity index (χ0) is 12.4. The van der Waals surface area contributed by atoms with Crippen LogP contribution in [0.1, 0.15) is 40.0 Å². The molecule has 2 nitrogen and oxygen atoms in total. The monoisotopic (exact) mass is 242 g/mol. The maximum Gasteiger partial charge on any atom is 0.192 e. The van der Waals surface area contributed by atoms with Crippen molar-refractivity contribution in [1.29, 1.82) is 0 Å². The second-order valence-electron chi connectivity index (χ2n) is 6.33. The number of hydrogen-bond donors (Lipinski definition) is 1. The Morgan fingerprint density at radius 3 is 2.56 bits per heavy atom. The van der Waals surface area contributed by atoms with Crippen LogP contribution in [0.15, 0.2) is 11.6 Å². The zero-order valence-corrected chi connectivity index (χ0v) is 12.3. The van der Waals surface area contributed by atoms with Crippen LogP contribution in [0, 0.1) is 0 Å². The van der Waals surface area contributed by atoms with E-state index in [9.17, 15) is 5.11 Å². The first kappa shape index (κ1) is 13.9. The average molecular weight is 242 g/mol. The van der Waals surface area contributed by atoms with E-state index in [-0.39, 0.29) is 11.1 Å². The van der Waals surface area contributed by atoms with Gasteiger partial charge in [0.2, 0.25) is 0 Å². The quantitative estimate of drug-likeness (QED) is 0.606. The van der Waals surface area contributed by atoms with Crippen molar-refractivity contribution in [1.82, 2.24) is 0 Å². The van der Waals surface area contributed by atoms with E-state index in [0.717, 1.165) is 19.3 Å². The normalized spacial score (nSPS) is 23.1. The first-order chi connectivity index (χ1) is 7.22. The van der Waals surface area contributed by atoms with E-state index in [1.807, 2.05) is 6.08 Å². The number of hydrogen-bond acceptors (Lipinski definition) is 2. The number of aliphatic hydroxyl groups excluding tert-OH is 1. The summed E-state index contributed by atoms with van der Waals surface area (Å²) in [6.07, 6.45) is 4.83. The van der Waals surface area contributed by atoms with Gasteiger partial charge in [-0.2, -0.15) is 0 Å². The second kappa shape index (κ2) is 5.03. The third-order valence-corrected chi connectivity index (χ3v) is 8.33. The summed E-state index contributed by atoms with van der Waals surface area (Å²) >= 11 is 0. The molecule has 1 N–H and O–H groups in total. The fraction of sp³-hybridized carbons (Fsp3) is 0.846. The molecule has 0 saturated heterocycles. The van der Waals surface area contributed by atoms with Gasteiger partial charge in [-0.05, 0) is 43.0 Å². The second-order valence-corrected chi connectivity index (χ2v) is 11.1. The largest absolute Gasteiger partial charge is 0.413 e. The smallest absolute Gasteiger partial charge is 0.192 e. The van der Waals surface area contributed by atoms with Gasteiger partial charge in [0, 0.05) is 0 Å². The SMILES string of the molecule is CC(C)(C)[Si](C)(C)OCC1=C[C@@H](O)CCC1. The predicted octanol–water partition coefficient (Wildman–Crippen LogP) is 3.48. The Balaban J connectivity index is 2.51. The Kier molecular flexibility index (Phi) is 4.38. The lowest BCUT2D eigenvalue weighted by Gasteiger charge is -2.36. The molecule has 1 aliphatic rings. The molecule has 1 atom stereocenters. The van der Waals surface area contributed by atoms with Crippen LogP contribution in [-0.2, 0) is 4.43 Å². The average Bonchev–Trinajstić information content (AvgIpc) is 2.13. The summed E-state index contributed by atoms with van der Waals surface area (Å²) in [7, 11) is -1.63. The lowest BCUT2D eigenvalue weighted by atomic mass is 9.98. The Labute approximate surface area is 101 Å². The van der Waals surface area contributed by atoms with E-state index in [4.69, 9.17) is 4.43 Å². The summed E-state index contributed by atoms with van der Waals surface area (Å²) in [4.78, 5) is 0. The fourth-order valence-corrected chi connectivity index (χ4v) is 2.57. The molecule has 0 heterocycles. The highest BCUT2D eigenvalue weighted by atomic mass is 28.4. The minimum absolute atomic E-state index is 0.244. The van der Waals surface area contributed by atoms with Crippen molar-refractivity contribution in [2.24, 2.45) is 0 Å². The number of aliphatic hydroxyl groups is 1. The summed E-state index contributed by atoms with van der Waals surface area (Å²) in [6.45, 7) is 12.0. The van der Waals surface area contributed by atoms with E-state index in [1.54, 1.807) is 0 Å². The van der Waals surface area contributed by atoms with Crippen LogP contribution >= 0.6 is 0 Å². The van der Waals surface area contributed by atoms with Gasteiger partial charge < -0.3 is 9.53 Å². The molecule has 0 aromatic rings. The van der Waals surface area contributed by atoms with Crippen molar-refractivity contribution in [3.63, 3.8) is 0 Å². The van der Waals surface area contributed by atoms with Gasteiger partial charge in [-0.15, -0.1) is 0 Å². The van der Waals surface area contributed by atoms with Crippen LogP contribution in [-0.4, -0.2) is 26.1 Å². The van der Waals surface area contributed by atoms with E-state index in [2.05, 4.69) is 33.9 Å². The Hall–Kier alpha value is -0.123. The molecule has 0 saturated carbocycles. The summed E-state index contributed by atoms with van der Waals surface area (Å²) in [5.74, 6) is 0. The van der Waals surface area contributed by atoms with Crippen molar-refractivity contribution >= 4 is 8.32 Å². The summed E-state index contributed by atoms with van der Waals surface area (Å²) in [6, 6.07) is 0. The van der Waals surface area contributed by atoms with Gasteiger partial charge >= 0.3 is 0 Å². The Morgan fingerprint density at radius 2 is 2.06 bits per heavy atom. The highest BCUT2D eigenvalue weighted by molar-refractivity contribution is 6.74. The lowest BCUT2D eigenvalue weighted by Crippen LogP contribution is -2.41. The van der Waals surface area contributed by atoms with Crippen LogP contribution in [0.4, 0.5) is 0 Å². The van der Waals surface area contributed by atoms with Crippen LogP contribution < -0.4 is 0 Å². The molecule has 0 unspecified atom stereocenters. The molecule has 3 heteroatoms. The van der Waals surface area contributed by atoms with Crippen molar-refractivity contribution in [3.05, 3.63) is 11.6 Å². The van der Waals surface area contributed by atoms with E-state index in [0.29, 0.717) is 6.61 Å². The van der Waals surface area contributed by atoms with Crippen LogP contribution in [0.2, 0.25) is 18.1 Å². The van der Waals surface area contributed by atoms with E-state index < -0.39 is 8.32 Å². The predicted molar refractivity (Wildman–Crippen MR) is 71.1 cm³/mol. The molecule has 0 aromatic heterocycles. The van der Waals surface area contributed by atoms with Gasteiger partial charge in [-0.3, -0.25) is 0 Å². The fourth-order valence-electron chi connectivity index (χ4n) is 1.59. The Morgan fingerprint density at radius 1 is 1.44 bits per heavy atom. The molecule has 16 heavy (non-hydrogen) atoms. The molecule has 94 valence electrons. The summed E-state index contributed by atoms with van der Waals surface area (Å²) in [5, 5.41) is 9.81. The van der Waals surface area contributed by atoms with Crippen LogP contribution in [0.5, 0.6) is 0 Å². The standard InChI is InChI=1S/C13H26O2Si/c1-13(2,3)16(4,5)15-10-11-7-6-8-12(14)9-11/h9,12,14H,6-8,10H2,1-5H3/t12-/m0/s1. The van der Waals surface area contributed by atoms with Gasteiger partial charge in [0.1, 0.15) is 0 Å². The molecule has 0 bridgehead atoms. The highest BCUT2D eigenvalue weighted by Gasteiger charge is 2.37. The van der Waals surface area contributed by atoms with Gasteiger partial charge in [0.05, 0.1) is 12.7 Å². The van der Waals surface area contributed by atoms with Gasteiger partial charge in [-0.1, -0.05) is 26.8 Å². The van der Waals surface area contributed by atoms with Gasteiger partial charge in [0.25, 0.3) is 0 Å². The van der Waals surface area contributed by atoms with Gasteiger partial charge in [-0.25, -0.2) is 0 Å². The first-order valence-electron chi connectivity index (χ1n) is 6.24. The zero-order valence-electron chi connectivity index (χ0n) is 11.3. The summed E-state index contributed by atoms with van der Waals surface area (Å²) in [5.41, 5.74) is 1.28. The maximum atomic E-state index is 9.55. The van der Waals surface area contributed by atoms with Crippen molar-refractivity contribution in [2.75, 3.05) is 6.61 Å². The lowest BCUT2D eigenvalue weighted by molar-refractivity contribution is 0.197. The summed E-state index contributed by atoms with van der Waals surface area (Å²) < 4.78 is 6.14. The van der Waals surface area contributed by atoms with E-state index in [1.165, 1.54) is 5.57 Å². The van der Waals surface area contributed by atoms with E-state index >= 15 is 0 Å². The van der Waals surface area contributed by atoms with Crippen LogP contribution in [0.3, 0.4) is 0 Å². The molecule has 0 aromatic carbocycles. The van der Waals surface area contributed by atoms with Crippen molar-refractivity contribution in [3.8, 4) is 0 Å². The molecule has 0 aliphatic heterocycles. The van der Waals surface area contributed by atoms with Crippen molar-refractivity contribution in [2.45, 2.75) is 64.3 Å². The molecule has 0 radical (unpaired) electrons. The number of rotatable bonds is 3. The topological polar surface area (TPSA) is 29.5 Å². The molecule has 0 fully saturated rings. The van der Waals surface area contributed by atoms with Crippen molar-refractivity contribution < 1.29 is 9.53 Å². The van der Waals surface area contributed by atoms with Gasteiger partial charge in [0.15, 0.2) is 8.32 Å². The molecule has 1 aliphatic carbocycles. The molecular formula is C13H26O2Si. The molecule has 1 rings (SSSR count). The highest BCUT2D eigenvalue weighted by Crippen LogP contribution is 2.37. The molecule has 0 spiro atoms. The minimum Gasteiger partial charge on any atom is -0.413 e. The molecular weight excluding hydrogens is 216 g/mol. The minimum atomic E-state index is -1.63.